The van der Waals surface area contributed by atoms with Crippen molar-refractivity contribution in [2.45, 2.75) is 32.7 Å². The molecule has 0 saturated heterocycles. The number of amidine groups is 1. The standard InChI is InChI=1S/C12H18N2S/c1-8(2)11(10-4-3-7-15-10)14-12(13)9-5-6-9/h3-4,7-9,11H,5-6H2,1-2H3,(H2,13,14). The number of thiophene rings is 1. The molecule has 0 spiro atoms. The Bertz CT molecular complexity index is 337. The third-order valence-electron chi connectivity index (χ3n) is 2.75. The highest BCUT2D eigenvalue weighted by Gasteiger charge is 2.27. The lowest BCUT2D eigenvalue weighted by atomic mass is 10.0. The molecule has 3 heteroatoms. The van der Waals surface area contributed by atoms with Gasteiger partial charge in [0.25, 0.3) is 0 Å². The van der Waals surface area contributed by atoms with Gasteiger partial charge in [-0.2, -0.15) is 0 Å². The van der Waals surface area contributed by atoms with Gasteiger partial charge in [-0.15, -0.1) is 11.3 Å². The van der Waals surface area contributed by atoms with E-state index >= 15 is 0 Å². The Kier molecular flexibility index (Phi) is 3.10. The van der Waals surface area contributed by atoms with Gasteiger partial charge in [0.2, 0.25) is 0 Å². The van der Waals surface area contributed by atoms with Crippen LogP contribution in [0.1, 0.15) is 37.6 Å². The lowest BCUT2D eigenvalue weighted by Crippen LogP contribution is -2.17. The Hall–Kier alpha value is -0.830. The van der Waals surface area contributed by atoms with Gasteiger partial charge in [-0.3, -0.25) is 4.99 Å². The number of nitrogens with two attached hydrogens (primary N) is 1. The molecule has 1 unspecified atom stereocenters. The maximum Gasteiger partial charge on any atom is 0.0976 e. The van der Waals surface area contributed by atoms with Crippen LogP contribution in [0.25, 0.3) is 0 Å². The second-order valence-corrected chi connectivity index (χ2v) is 5.51. The van der Waals surface area contributed by atoms with Crippen molar-refractivity contribution >= 4 is 17.2 Å². The normalized spacial score (nSPS) is 19.5. The van der Waals surface area contributed by atoms with Gasteiger partial charge in [-0.1, -0.05) is 19.9 Å². The summed E-state index contributed by atoms with van der Waals surface area (Å²) in [6.45, 7) is 4.40. The van der Waals surface area contributed by atoms with Gasteiger partial charge in [-0.05, 0) is 30.2 Å². The first-order valence-electron chi connectivity index (χ1n) is 5.55. The first kappa shape index (κ1) is 10.7. The minimum atomic E-state index is 0.255. The van der Waals surface area contributed by atoms with Gasteiger partial charge < -0.3 is 5.73 Å². The quantitative estimate of drug-likeness (QED) is 0.616. The molecule has 1 aromatic heterocycles. The van der Waals surface area contributed by atoms with Gasteiger partial charge in [0.05, 0.1) is 11.9 Å². The molecular formula is C12H18N2S. The molecule has 1 aromatic rings. The summed E-state index contributed by atoms with van der Waals surface area (Å²) in [5, 5.41) is 2.10. The van der Waals surface area contributed by atoms with Crippen LogP contribution in [0.2, 0.25) is 0 Å². The van der Waals surface area contributed by atoms with Gasteiger partial charge in [-0.25, -0.2) is 0 Å². The molecule has 0 bridgehead atoms. The molecule has 0 amide bonds. The first-order valence-corrected chi connectivity index (χ1v) is 6.43. The van der Waals surface area contributed by atoms with Crippen LogP contribution in [0, 0.1) is 11.8 Å². The van der Waals surface area contributed by atoms with Gasteiger partial charge >= 0.3 is 0 Å². The molecule has 0 radical (unpaired) electrons. The Balaban J connectivity index is 2.16. The molecule has 1 fully saturated rings. The van der Waals surface area contributed by atoms with E-state index in [-0.39, 0.29) is 6.04 Å². The number of hydrogen-bond acceptors (Lipinski definition) is 2. The minimum Gasteiger partial charge on any atom is -0.387 e. The average molecular weight is 222 g/mol. The van der Waals surface area contributed by atoms with Gasteiger partial charge in [0.15, 0.2) is 0 Å². The number of aliphatic imine (C=N–C) groups is 1. The zero-order chi connectivity index (χ0) is 10.8. The van der Waals surface area contributed by atoms with Crippen molar-refractivity contribution in [3.63, 3.8) is 0 Å². The molecule has 2 rings (SSSR count). The molecule has 1 aliphatic carbocycles. The molecule has 2 N–H and O–H groups in total. The first-order chi connectivity index (χ1) is 7.18. The van der Waals surface area contributed by atoms with Crippen LogP contribution < -0.4 is 5.73 Å². The lowest BCUT2D eigenvalue weighted by Gasteiger charge is -2.15. The Morgan fingerprint density at radius 2 is 2.27 bits per heavy atom. The monoisotopic (exact) mass is 222 g/mol. The molecule has 0 aliphatic heterocycles. The average Bonchev–Trinajstić information content (AvgIpc) is 2.91. The van der Waals surface area contributed by atoms with Crippen LogP contribution in [0.3, 0.4) is 0 Å². The lowest BCUT2D eigenvalue weighted by molar-refractivity contribution is 0.522. The highest BCUT2D eigenvalue weighted by Crippen LogP contribution is 2.33. The van der Waals surface area contributed by atoms with Crippen molar-refractivity contribution in [1.82, 2.24) is 0 Å². The van der Waals surface area contributed by atoms with E-state index in [1.54, 1.807) is 11.3 Å². The summed E-state index contributed by atoms with van der Waals surface area (Å²) in [6.07, 6.45) is 2.45. The zero-order valence-electron chi connectivity index (χ0n) is 9.31. The highest BCUT2D eigenvalue weighted by atomic mass is 32.1. The van der Waals surface area contributed by atoms with E-state index in [4.69, 9.17) is 5.73 Å². The summed E-state index contributed by atoms with van der Waals surface area (Å²) in [5.74, 6) is 1.95. The summed E-state index contributed by atoms with van der Waals surface area (Å²) < 4.78 is 0. The van der Waals surface area contributed by atoms with Crippen molar-refractivity contribution in [1.29, 1.82) is 0 Å². The van der Waals surface area contributed by atoms with E-state index in [1.807, 2.05) is 0 Å². The fourth-order valence-electron chi connectivity index (χ4n) is 1.65. The molecule has 15 heavy (non-hydrogen) atoms. The molecule has 0 aromatic carbocycles. The SMILES string of the molecule is CC(C)C(N=C(N)C1CC1)c1cccs1. The highest BCUT2D eigenvalue weighted by molar-refractivity contribution is 7.10. The van der Waals surface area contributed by atoms with Crippen molar-refractivity contribution in [3.8, 4) is 0 Å². The third-order valence-corrected chi connectivity index (χ3v) is 3.69. The third kappa shape index (κ3) is 2.59. The number of hydrogen-bond donors (Lipinski definition) is 1. The van der Waals surface area contributed by atoms with Crippen molar-refractivity contribution in [2.24, 2.45) is 22.6 Å². The smallest absolute Gasteiger partial charge is 0.0976 e. The summed E-state index contributed by atoms with van der Waals surface area (Å²) in [4.78, 5) is 6.01. The second kappa shape index (κ2) is 4.35. The summed E-state index contributed by atoms with van der Waals surface area (Å²) in [7, 11) is 0. The minimum absolute atomic E-state index is 0.255. The molecular weight excluding hydrogens is 204 g/mol. The Morgan fingerprint density at radius 1 is 1.53 bits per heavy atom. The summed E-state index contributed by atoms with van der Waals surface area (Å²) >= 11 is 1.77. The molecule has 1 saturated carbocycles. The van der Waals surface area contributed by atoms with Crippen LogP contribution in [0.15, 0.2) is 22.5 Å². The predicted molar refractivity (Wildman–Crippen MR) is 66.2 cm³/mol. The second-order valence-electron chi connectivity index (χ2n) is 4.53. The van der Waals surface area contributed by atoms with Crippen LogP contribution in [0.5, 0.6) is 0 Å². The predicted octanol–water partition coefficient (Wildman–Crippen LogP) is 3.21. The number of rotatable bonds is 4. The summed E-state index contributed by atoms with van der Waals surface area (Å²) in [5.41, 5.74) is 5.98. The fourth-order valence-corrected chi connectivity index (χ4v) is 2.58. The maximum atomic E-state index is 5.98. The van der Waals surface area contributed by atoms with Crippen molar-refractivity contribution < 1.29 is 0 Å². The fraction of sp³-hybridized carbons (Fsp3) is 0.583. The largest absolute Gasteiger partial charge is 0.387 e. The van der Waals surface area contributed by atoms with Gasteiger partial charge in [0, 0.05) is 10.8 Å². The van der Waals surface area contributed by atoms with E-state index in [1.165, 1.54) is 17.7 Å². The van der Waals surface area contributed by atoms with Crippen LogP contribution >= 0.6 is 11.3 Å². The van der Waals surface area contributed by atoms with Gasteiger partial charge in [0.1, 0.15) is 0 Å². The van der Waals surface area contributed by atoms with E-state index in [9.17, 15) is 0 Å². The summed E-state index contributed by atoms with van der Waals surface area (Å²) in [6, 6.07) is 4.49. The molecule has 1 aliphatic rings. The topological polar surface area (TPSA) is 38.4 Å². The zero-order valence-corrected chi connectivity index (χ0v) is 10.1. The molecule has 1 atom stereocenters. The van der Waals surface area contributed by atoms with E-state index < -0.39 is 0 Å². The Morgan fingerprint density at radius 3 is 2.73 bits per heavy atom. The van der Waals surface area contributed by atoms with Crippen LogP contribution in [0.4, 0.5) is 0 Å². The molecule has 82 valence electrons. The van der Waals surface area contributed by atoms with Crippen molar-refractivity contribution in [3.05, 3.63) is 22.4 Å². The van der Waals surface area contributed by atoms with Crippen molar-refractivity contribution in [2.75, 3.05) is 0 Å². The van der Waals surface area contributed by atoms with E-state index in [0.29, 0.717) is 11.8 Å². The Labute approximate surface area is 95.2 Å². The maximum absolute atomic E-state index is 5.98. The van der Waals surface area contributed by atoms with Crippen LogP contribution in [-0.2, 0) is 0 Å². The number of nitrogens with zero attached hydrogens (tertiary/aromatic N) is 1. The molecule has 1 heterocycles. The van der Waals surface area contributed by atoms with E-state index in [0.717, 1.165) is 5.84 Å². The van der Waals surface area contributed by atoms with E-state index in [2.05, 4.69) is 36.4 Å². The molecule has 2 nitrogen and oxygen atoms in total. The van der Waals surface area contributed by atoms with Crippen LogP contribution in [-0.4, -0.2) is 5.84 Å².